The molecule has 12 heavy (non-hydrogen) atoms. The van der Waals surface area contributed by atoms with Gasteiger partial charge in [-0.2, -0.15) is 0 Å². The number of hydrogen-bond acceptors (Lipinski definition) is 6. The number of aliphatic hydroxyl groups is 2. The van der Waals surface area contributed by atoms with Gasteiger partial charge in [-0.25, -0.2) is 0 Å². The van der Waals surface area contributed by atoms with E-state index in [2.05, 4.69) is 4.42 Å². The summed E-state index contributed by atoms with van der Waals surface area (Å²) in [6, 6.07) is 0. The summed E-state index contributed by atoms with van der Waals surface area (Å²) in [6.07, 6.45) is -1.46. The molecule has 0 aromatic carbocycles. The van der Waals surface area contributed by atoms with Gasteiger partial charge in [0.05, 0.1) is 6.61 Å². The summed E-state index contributed by atoms with van der Waals surface area (Å²) < 4.78 is 4.34. The van der Waals surface area contributed by atoms with Crippen LogP contribution in [0.4, 0.5) is 0 Å². The Kier molecular flexibility index (Phi) is 2.11. The molecule has 1 atom stereocenters. The second-order valence-corrected chi connectivity index (χ2v) is 2.17. The molecule has 5 N–H and O–H groups in total. The van der Waals surface area contributed by atoms with E-state index in [1.165, 1.54) is 0 Å². The van der Waals surface area contributed by atoms with E-state index >= 15 is 0 Å². The Morgan fingerprint density at radius 1 is 1.17 bits per heavy atom. The third-order valence-electron chi connectivity index (χ3n) is 1.34. The third-order valence-corrected chi connectivity index (χ3v) is 1.34. The summed E-state index contributed by atoms with van der Waals surface area (Å²) >= 11 is 0. The van der Waals surface area contributed by atoms with Crippen LogP contribution >= 0.6 is 0 Å². The first-order chi connectivity index (χ1) is 5.57. The quantitative estimate of drug-likeness (QED) is 0.412. The van der Waals surface area contributed by atoms with Crippen LogP contribution in [0.1, 0.15) is 11.9 Å². The number of hydrogen-bond donors (Lipinski definition) is 5. The molecule has 0 unspecified atom stereocenters. The highest BCUT2D eigenvalue weighted by atomic mass is 16.5. The van der Waals surface area contributed by atoms with E-state index in [4.69, 9.17) is 25.5 Å². The molecule has 0 aliphatic carbocycles. The van der Waals surface area contributed by atoms with Crippen molar-refractivity contribution in [2.24, 2.45) is 0 Å². The molecule has 0 saturated carbocycles. The molecule has 0 spiro atoms. The SMILES string of the molecule is OC[C@H](O)c1oc(O)c(O)c1O. The highest BCUT2D eigenvalue weighted by molar-refractivity contribution is 5.47. The smallest absolute Gasteiger partial charge is 0.330 e. The summed E-state index contributed by atoms with van der Waals surface area (Å²) in [5.74, 6) is -2.98. The molecule has 0 radical (unpaired) electrons. The lowest BCUT2D eigenvalue weighted by atomic mass is 10.2. The van der Waals surface area contributed by atoms with Gasteiger partial charge in [0.2, 0.25) is 11.5 Å². The van der Waals surface area contributed by atoms with Crippen LogP contribution < -0.4 is 0 Å². The minimum atomic E-state index is -1.46. The molecular weight excluding hydrogens is 168 g/mol. The lowest BCUT2D eigenvalue weighted by molar-refractivity contribution is 0.0719. The Labute approximate surface area is 66.9 Å². The van der Waals surface area contributed by atoms with Crippen molar-refractivity contribution in [1.29, 1.82) is 0 Å². The van der Waals surface area contributed by atoms with Gasteiger partial charge in [-0.3, -0.25) is 0 Å². The van der Waals surface area contributed by atoms with Gasteiger partial charge in [-0.05, 0) is 0 Å². The Bertz CT molecular complexity index is 278. The predicted molar refractivity (Wildman–Crippen MR) is 35.7 cm³/mol. The van der Waals surface area contributed by atoms with E-state index in [0.717, 1.165) is 0 Å². The van der Waals surface area contributed by atoms with Crippen LogP contribution in [-0.4, -0.2) is 32.1 Å². The molecule has 1 aromatic rings. The fraction of sp³-hybridized carbons (Fsp3) is 0.333. The van der Waals surface area contributed by atoms with Crippen molar-refractivity contribution in [3.63, 3.8) is 0 Å². The highest BCUT2D eigenvalue weighted by Gasteiger charge is 2.23. The zero-order valence-corrected chi connectivity index (χ0v) is 5.93. The van der Waals surface area contributed by atoms with Gasteiger partial charge in [0.1, 0.15) is 6.10 Å². The molecule has 0 aliphatic heterocycles. The van der Waals surface area contributed by atoms with Gasteiger partial charge in [-0.1, -0.05) is 0 Å². The molecular formula is C6H8O6. The lowest BCUT2D eigenvalue weighted by Crippen LogP contribution is -2.00. The van der Waals surface area contributed by atoms with Crippen LogP contribution in [0.5, 0.6) is 17.4 Å². The maximum atomic E-state index is 8.95. The summed E-state index contributed by atoms with van der Waals surface area (Å²) in [7, 11) is 0. The average Bonchev–Trinajstić information content (AvgIpc) is 2.32. The lowest BCUT2D eigenvalue weighted by Gasteiger charge is -2.01. The van der Waals surface area contributed by atoms with Crippen LogP contribution in [0.2, 0.25) is 0 Å². The van der Waals surface area contributed by atoms with Crippen LogP contribution in [0, 0.1) is 0 Å². The molecule has 0 fully saturated rings. The zero-order chi connectivity index (χ0) is 9.30. The van der Waals surface area contributed by atoms with Crippen molar-refractivity contribution >= 4 is 0 Å². The van der Waals surface area contributed by atoms with Gasteiger partial charge in [0, 0.05) is 0 Å². The molecule has 0 saturated heterocycles. The molecule has 6 nitrogen and oxygen atoms in total. The van der Waals surface area contributed by atoms with E-state index < -0.39 is 35.9 Å². The average molecular weight is 176 g/mol. The van der Waals surface area contributed by atoms with Crippen LogP contribution in [0.3, 0.4) is 0 Å². The first-order valence-corrected chi connectivity index (χ1v) is 3.10. The standard InChI is InChI=1S/C6H8O6/c7-1-2(8)5-3(9)4(10)6(11)12-5/h2,7-11H,1H2/t2-/m0/s1. The van der Waals surface area contributed by atoms with Crippen molar-refractivity contribution in [2.75, 3.05) is 6.61 Å². The van der Waals surface area contributed by atoms with E-state index in [-0.39, 0.29) is 0 Å². The van der Waals surface area contributed by atoms with Crippen molar-refractivity contribution in [2.45, 2.75) is 6.10 Å². The van der Waals surface area contributed by atoms with E-state index in [0.29, 0.717) is 0 Å². The Hall–Kier alpha value is -1.40. The van der Waals surface area contributed by atoms with Gasteiger partial charge >= 0.3 is 5.95 Å². The van der Waals surface area contributed by atoms with E-state index in [9.17, 15) is 0 Å². The highest BCUT2D eigenvalue weighted by Crippen LogP contribution is 2.42. The minimum Gasteiger partial charge on any atom is -0.502 e. The van der Waals surface area contributed by atoms with E-state index in [1.54, 1.807) is 0 Å². The molecule has 1 heterocycles. The fourth-order valence-corrected chi connectivity index (χ4v) is 0.728. The molecule has 1 rings (SSSR count). The number of aliphatic hydroxyl groups excluding tert-OH is 2. The first-order valence-electron chi connectivity index (χ1n) is 3.10. The van der Waals surface area contributed by atoms with Crippen LogP contribution in [0.25, 0.3) is 0 Å². The summed E-state index contributed by atoms with van der Waals surface area (Å²) in [5.41, 5.74) is 0. The Morgan fingerprint density at radius 2 is 1.75 bits per heavy atom. The number of furan rings is 1. The zero-order valence-electron chi connectivity index (χ0n) is 5.93. The van der Waals surface area contributed by atoms with Crippen molar-refractivity contribution in [1.82, 2.24) is 0 Å². The van der Waals surface area contributed by atoms with Crippen molar-refractivity contribution in [3.8, 4) is 17.4 Å². The van der Waals surface area contributed by atoms with Gasteiger partial charge in [0.25, 0.3) is 0 Å². The summed E-state index contributed by atoms with van der Waals surface area (Å²) in [6.45, 7) is -0.681. The van der Waals surface area contributed by atoms with Gasteiger partial charge < -0.3 is 29.9 Å². The van der Waals surface area contributed by atoms with Gasteiger partial charge in [0.15, 0.2) is 5.76 Å². The first kappa shape index (κ1) is 8.69. The van der Waals surface area contributed by atoms with Crippen molar-refractivity contribution < 1.29 is 29.9 Å². The second-order valence-electron chi connectivity index (χ2n) is 2.17. The van der Waals surface area contributed by atoms with E-state index in [1.807, 2.05) is 0 Å². The number of aromatic hydroxyl groups is 3. The van der Waals surface area contributed by atoms with Gasteiger partial charge in [-0.15, -0.1) is 0 Å². The van der Waals surface area contributed by atoms with Crippen molar-refractivity contribution in [3.05, 3.63) is 5.76 Å². The van der Waals surface area contributed by atoms with Crippen LogP contribution in [-0.2, 0) is 0 Å². The molecule has 6 heteroatoms. The number of rotatable bonds is 2. The molecule has 0 bridgehead atoms. The normalized spacial score (nSPS) is 13.2. The molecule has 68 valence electrons. The molecule has 1 aromatic heterocycles. The third kappa shape index (κ3) is 1.17. The largest absolute Gasteiger partial charge is 0.502 e. The monoisotopic (exact) mass is 176 g/mol. The maximum Gasteiger partial charge on any atom is 0.330 e. The predicted octanol–water partition coefficient (Wildman–Crippen LogP) is -0.578. The maximum absolute atomic E-state index is 8.95. The summed E-state index contributed by atoms with van der Waals surface area (Å²) in [4.78, 5) is 0. The molecule has 0 aliphatic rings. The molecule has 0 amide bonds. The Balaban J connectivity index is 3.08. The summed E-state index contributed by atoms with van der Waals surface area (Å²) in [5, 5.41) is 43.8. The fourth-order valence-electron chi connectivity index (χ4n) is 0.728. The minimum absolute atomic E-state index is 0.465. The Morgan fingerprint density at radius 3 is 2.08 bits per heavy atom. The second kappa shape index (κ2) is 2.92. The van der Waals surface area contributed by atoms with Crippen LogP contribution in [0.15, 0.2) is 4.42 Å². The topological polar surface area (TPSA) is 114 Å².